The van der Waals surface area contributed by atoms with Crippen molar-refractivity contribution >= 4 is 0 Å². The molecular formula is C20H21F3N2O2. The van der Waals surface area contributed by atoms with Crippen molar-refractivity contribution in [3.63, 3.8) is 0 Å². The van der Waals surface area contributed by atoms with Gasteiger partial charge in [-0.3, -0.25) is 9.88 Å². The first-order valence-electron chi connectivity index (χ1n) is 8.99. The van der Waals surface area contributed by atoms with Gasteiger partial charge >= 0.3 is 6.18 Å². The number of piperidine rings is 1. The van der Waals surface area contributed by atoms with Crippen LogP contribution >= 0.6 is 0 Å². The Morgan fingerprint density at radius 1 is 1.07 bits per heavy atom. The Kier molecular flexibility index (Phi) is 4.70. The molecule has 7 heteroatoms. The molecule has 1 aromatic carbocycles. The van der Waals surface area contributed by atoms with E-state index in [-0.39, 0.29) is 30.6 Å². The highest BCUT2D eigenvalue weighted by atomic mass is 19.4. The van der Waals surface area contributed by atoms with E-state index in [1.165, 1.54) is 12.3 Å². The van der Waals surface area contributed by atoms with Crippen molar-refractivity contribution in [3.05, 3.63) is 65.5 Å². The number of alkyl halides is 3. The minimum atomic E-state index is -4.55. The summed E-state index contributed by atoms with van der Waals surface area (Å²) in [6.07, 6.45) is -2.91. The summed E-state index contributed by atoms with van der Waals surface area (Å²) >= 11 is 0. The predicted octanol–water partition coefficient (Wildman–Crippen LogP) is 3.35. The minimum Gasteiger partial charge on any atom is -0.383 e. The van der Waals surface area contributed by atoms with Crippen LogP contribution in [0.25, 0.3) is 0 Å². The topological polar surface area (TPSA) is 45.6 Å². The number of benzene rings is 1. The highest BCUT2D eigenvalue weighted by Gasteiger charge is 2.50. The third-order valence-electron chi connectivity index (χ3n) is 5.47. The fraction of sp³-hybridized carbons (Fsp3) is 0.450. The van der Waals surface area contributed by atoms with Crippen molar-refractivity contribution in [2.75, 3.05) is 13.2 Å². The molecule has 0 aliphatic carbocycles. The molecular weight excluding hydrogens is 357 g/mol. The number of hydrogen-bond donors (Lipinski definition) is 1. The van der Waals surface area contributed by atoms with Crippen LogP contribution < -0.4 is 0 Å². The minimum absolute atomic E-state index is 0.161. The summed E-state index contributed by atoms with van der Waals surface area (Å²) in [6.45, 7) is 1.46. The van der Waals surface area contributed by atoms with Crippen LogP contribution in [0.2, 0.25) is 0 Å². The van der Waals surface area contributed by atoms with Gasteiger partial charge in [-0.2, -0.15) is 13.2 Å². The Morgan fingerprint density at radius 3 is 2.37 bits per heavy atom. The Balaban J connectivity index is 1.63. The monoisotopic (exact) mass is 378 g/mol. The third-order valence-corrected chi connectivity index (χ3v) is 5.47. The lowest BCUT2D eigenvalue weighted by molar-refractivity contribution is -0.161. The first-order chi connectivity index (χ1) is 12.9. The first-order valence-corrected chi connectivity index (χ1v) is 8.99. The van der Waals surface area contributed by atoms with E-state index in [1.807, 2.05) is 30.3 Å². The van der Waals surface area contributed by atoms with E-state index in [2.05, 4.69) is 9.88 Å². The number of ether oxygens (including phenoxy) is 1. The molecule has 0 radical (unpaired) electrons. The zero-order valence-electron chi connectivity index (χ0n) is 14.7. The van der Waals surface area contributed by atoms with Crippen molar-refractivity contribution in [2.24, 2.45) is 0 Å². The van der Waals surface area contributed by atoms with Gasteiger partial charge < -0.3 is 9.84 Å². The van der Waals surface area contributed by atoms with E-state index < -0.39 is 17.3 Å². The maximum absolute atomic E-state index is 13.4. The quantitative estimate of drug-likeness (QED) is 0.890. The van der Waals surface area contributed by atoms with Crippen molar-refractivity contribution < 1.29 is 23.0 Å². The van der Waals surface area contributed by atoms with Crippen molar-refractivity contribution in [3.8, 4) is 0 Å². The molecule has 3 heterocycles. The van der Waals surface area contributed by atoms with E-state index in [0.717, 1.165) is 11.6 Å². The molecule has 0 spiro atoms. The molecule has 4 nitrogen and oxygen atoms in total. The molecule has 2 aromatic rings. The summed E-state index contributed by atoms with van der Waals surface area (Å²) in [6, 6.07) is 11.8. The van der Waals surface area contributed by atoms with Crippen LogP contribution in [0.1, 0.15) is 29.7 Å². The number of aromatic nitrogens is 1. The maximum Gasteiger partial charge on any atom is 0.418 e. The van der Waals surface area contributed by atoms with Gasteiger partial charge in [-0.1, -0.05) is 30.3 Å². The predicted molar refractivity (Wildman–Crippen MR) is 92.7 cm³/mol. The summed E-state index contributed by atoms with van der Waals surface area (Å²) in [7, 11) is 0. The smallest absolute Gasteiger partial charge is 0.383 e. The van der Waals surface area contributed by atoms with Crippen LogP contribution in [0.3, 0.4) is 0 Å². The van der Waals surface area contributed by atoms with Crippen LogP contribution in [0.15, 0.2) is 48.7 Å². The number of pyridine rings is 1. The lowest BCUT2D eigenvalue weighted by Gasteiger charge is -2.51. The summed E-state index contributed by atoms with van der Waals surface area (Å²) in [5.41, 5.74) is -1.61. The van der Waals surface area contributed by atoms with E-state index >= 15 is 0 Å². The lowest BCUT2D eigenvalue weighted by atomic mass is 9.77. The highest BCUT2D eigenvalue weighted by molar-refractivity contribution is 5.30. The van der Waals surface area contributed by atoms with Gasteiger partial charge in [0.1, 0.15) is 5.60 Å². The van der Waals surface area contributed by atoms with Gasteiger partial charge in [0.25, 0.3) is 0 Å². The molecule has 4 rings (SSSR count). The zero-order valence-corrected chi connectivity index (χ0v) is 14.7. The number of rotatable bonds is 3. The molecule has 2 atom stereocenters. The van der Waals surface area contributed by atoms with Crippen LogP contribution in [-0.4, -0.2) is 40.3 Å². The van der Waals surface area contributed by atoms with Crippen LogP contribution in [0.4, 0.5) is 13.2 Å². The summed E-state index contributed by atoms with van der Waals surface area (Å²) in [4.78, 5) is 6.19. The maximum atomic E-state index is 13.4. The summed E-state index contributed by atoms with van der Waals surface area (Å²) < 4.78 is 46.0. The molecule has 2 aliphatic heterocycles. The van der Waals surface area contributed by atoms with Gasteiger partial charge in [0.15, 0.2) is 0 Å². The second kappa shape index (κ2) is 6.89. The SMILES string of the molecule is OC1(c2ncccc2C(F)(F)F)CC2COCC(C1)N2Cc1ccccc1. The van der Waals surface area contributed by atoms with Crippen molar-refractivity contribution in [1.29, 1.82) is 0 Å². The molecule has 27 heavy (non-hydrogen) atoms. The van der Waals surface area contributed by atoms with E-state index in [1.54, 1.807) is 0 Å². The molecule has 0 amide bonds. The van der Waals surface area contributed by atoms with E-state index in [0.29, 0.717) is 19.8 Å². The molecule has 144 valence electrons. The lowest BCUT2D eigenvalue weighted by Crippen LogP contribution is -2.60. The molecule has 2 saturated heterocycles. The van der Waals surface area contributed by atoms with Gasteiger partial charge in [0.2, 0.25) is 0 Å². The Bertz CT molecular complexity index is 783. The summed E-state index contributed by atoms with van der Waals surface area (Å²) in [5, 5.41) is 11.2. The standard InChI is InChI=1S/C20H21F3N2O2/c21-20(22,23)17-7-4-8-24-18(17)19(26)9-15-12-27-13-16(10-19)25(15)11-14-5-2-1-3-6-14/h1-8,15-16,26H,9-13H2. The molecule has 1 aromatic heterocycles. The van der Waals surface area contributed by atoms with Gasteiger partial charge in [-0.25, -0.2) is 0 Å². The molecule has 1 N–H and O–H groups in total. The number of hydrogen-bond acceptors (Lipinski definition) is 4. The van der Waals surface area contributed by atoms with Crippen LogP contribution in [-0.2, 0) is 23.1 Å². The zero-order chi connectivity index (χ0) is 19.1. The van der Waals surface area contributed by atoms with Gasteiger partial charge in [-0.15, -0.1) is 0 Å². The number of fused-ring (bicyclic) bond motifs is 2. The molecule has 2 unspecified atom stereocenters. The molecule has 2 bridgehead atoms. The third kappa shape index (κ3) is 3.59. The van der Waals surface area contributed by atoms with Crippen LogP contribution in [0, 0.1) is 0 Å². The average molecular weight is 378 g/mol. The number of aliphatic hydroxyl groups is 1. The Morgan fingerprint density at radius 2 is 1.74 bits per heavy atom. The van der Waals surface area contributed by atoms with Gasteiger partial charge in [-0.05, 0) is 30.5 Å². The van der Waals surface area contributed by atoms with Crippen molar-refractivity contribution in [2.45, 2.75) is 43.2 Å². The number of nitrogens with zero attached hydrogens (tertiary/aromatic N) is 2. The Labute approximate surface area is 155 Å². The molecule has 2 aliphatic rings. The van der Waals surface area contributed by atoms with E-state index in [9.17, 15) is 18.3 Å². The number of morpholine rings is 1. The fourth-order valence-electron chi connectivity index (χ4n) is 4.30. The van der Waals surface area contributed by atoms with Gasteiger partial charge in [0.05, 0.1) is 24.5 Å². The highest BCUT2D eigenvalue weighted by Crippen LogP contribution is 2.44. The average Bonchev–Trinajstić information content (AvgIpc) is 2.63. The van der Waals surface area contributed by atoms with Gasteiger partial charge in [0, 0.05) is 24.8 Å². The Hall–Kier alpha value is -1.96. The van der Waals surface area contributed by atoms with Crippen LogP contribution in [0.5, 0.6) is 0 Å². The van der Waals surface area contributed by atoms with E-state index in [4.69, 9.17) is 4.74 Å². The first kappa shape index (κ1) is 18.4. The molecule has 0 saturated carbocycles. The number of halogens is 3. The summed E-state index contributed by atoms with van der Waals surface area (Å²) in [5.74, 6) is 0. The second-order valence-corrected chi connectivity index (χ2v) is 7.34. The normalized spacial score (nSPS) is 28.9. The molecule has 2 fully saturated rings. The second-order valence-electron chi connectivity index (χ2n) is 7.34. The fourth-order valence-corrected chi connectivity index (χ4v) is 4.30. The van der Waals surface area contributed by atoms with Crippen molar-refractivity contribution in [1.82, 2.24) is 9.88 Å². The largest absolute Gasteiger partial charge is 0.418 e.